The van der Waals surface area contributed by atoms with Crippen LogP contribution in [0, 0.1) is 0 Å². The fourth-order valence-electron chi connectivity index (χ4n) is 2.92. The number of thioether (sulfide) groups is 2. The lowest BCUT2D eigenvalue weighted by Gasteiger charge is -2.35. The molecule has 3 rings (SSSR count). The van der Waals surface area contributed by atoms with Crippen molar-refractivity contribution in [3.05, 3.63) is 29.8 Å². The lowest BCUT2D eigenvalue weighted by molar-refractivity contribution is 0.391. The van der Waals surface area contributed by atoms with E-state index in [-0.39, 0.29) is 0 Å². The molecule has 0 radical (unpaired) electrons. The van der Waals surface area contributed by atoms with E-state index in [1.54, 1.807) is 0 Å². The molecule has 1 aromatic carbocycles. The first-order valence-electron chi connectivity index (χ1n) is 6.94. The van der Waals surface area contributed by atoms with Crippen LogP contribution in [0.2, 0.25) is 0 Å². The average molecular weight is 279 g/mol. The van der Waals surface area contributed by atoms with Gasteiger partial charge in [-0.2, -0.15) is 11.8 Å². The number of nitrogens with one attached hydrogen (secondary N) is 1. The maximum Gasteiger partial charge on any atom is 0.0342 e. The molecular formula is C15H21NS2. The lowest BCUT2D eigenvalue weighted by Crippen LogP contribution is -2.42. The minimum absolute atomic E-state index is 0.577. The van der Waals surface area contributed by atoms with Crippen LogP contribution < -0.4 is 5.32 Å². The van der Waals surface area contributed by atoms with Crippen molar-refractivity contribution in [1.29, 1.82) is 0 Å². The van der Waals surface area contributed by atoms with Crippen LogP contribution >= 0.6 is 23.5 Å². The third-order valence-electron chi connectivity index (χ3n) is 3.98. The molecule has 98 valence electrons. The smallest absolute Gasteiger partial charge is 0.0342 e. The second-order valence-electron chi connectivity index (χ2n) is 5.22. The fourth-order valence-corrected chi connectivity index (χ4v) is 5.19. The van der Waals surface area contributed by atoms with Gasteiger partial charge in [-0.15, -0.1) is 11.8 Å². The van der Waals surface area contributed by atoms with Crippen molar-refractivity contribution in [2.75, 3.05) is 11.5 Å². The highest BCUT2D eigenvalue weighted by Crippen LogP contribution is 2.37. The Balaban J connectivity index is 1.73. The maximum absolute atomic E-state index is 3.93. The van der Waals surface area contributed by atoms with E-state index in [1.807, 2.05) is 11.8 Å². The van der Waals surface area contributed by atoms with Gasteiger partial charge in [-0.1, -0.05) is 25.1 Å². The summed E-state index contributed by atoms with van der Waals surface area (Å²) in [4.78, 5) is 1.48. The lowest BCUT2D eigenvalue weighted by atomic mass is 10.00. The normalized spacial score (nSPS) is 31.9. The van der Waals surface area contributed by atoms with Crippen LogP contribution in [0.1, 0.15) is 37.8 Å². The summed E-state index contributed by atoms with van der Waals surface area (Å²) in [6, 6.07) is 10.2. The Hall–Kier alpha value is -0.120. The molecule has 0 amide bonds. The quantitative estimate of drug-likeness (QED) is 0.875. The second-order valence-corrected chi connectivity index (χ2v) is 7.84. The van der Waals surface area contributed by atoms with E-state index in [0.29, 0.717) is 12.1 Å². The summed E-state index contributed by atoms with van der Waals surface area (Å²) < 4.78 is 0. The van der Waals surface area contributed by atoms with Gasteiger partial charge in [0.15, 0.2) is 0 Å². The molecule has 0 bridgehead atoms. The van der Waals surface area contributed by atoms with Gasteiger partial charge in [0.05, 0.1) is 0 Å². The van der Waals surface area contributed by atoms with Crippen LogP contribution in [-0.2, 0) is 0 Å². The van der Waals surface area contributed by atoms with Crippen molar-refractivity contribution >= 4 is 23.5 Å². The maximum atomic E-state index is 3.93. The summed E-state index contributed by atoms with van der Waals surface area (Å²) >= 11 is 4.14. The summed E-state index contributed by atoms with van der Waals surface area (Å²) in [7, 11) is 0. The summed E-state index contributed by atoms with van der Waals surface area (Å²) in [5.74, 6) is 2.60. The van der Waals surface area contributed by atoms with Gasteiger partial charge in [0.1, 0.15) is 0 Å². The first kappa shape index (κ1) is 12.9. The van der Waals surface area contributed by atoms with Crippen molar-refractivity contribution in [2.24, 2.45) is 0 Å². The average Bonchev–Trinajstić information content (AvgIpc) is 2.42. The molecule has 3 heteroatoms. The van der Waals surface area contributed by atoms with Crippen LogP contribution in [0.4, 0.5) is 0 Å². The highest BCUT2D eigenvalue weighted by Gasteiger charge is 2.27. The third-order valence-corrected chi connectivity index (χ3v) is 6.48. The van der Waals surface area contributed by atoms with Gasteiger partial charge in [-0.05, 0) is 42.4 Å². The molecule has 0 spiro atoms. The number of hydrogen-bond donors (Lipinski definition) is 1. The Morgan fingerprint density at radius 1 is 1.17 bits per heavy atom. The Morgan fingerprint density at radius 3 is 2.94 bits per heavy atom. The standard InChI is InChI=1S/C15H21NS2/c1-11-13(6-4-9-17-11)16-14-8-10-18-15-7-3-2-5-12(14)15/h2-3,5,7,11,13-14,16H,4,6,8-10H2,1H3. The van der Waals surface area contributed by atoms with Gasteiger partial charge in [0.25, 0.3) is 0 Å². The van der Waals surface area contributed by atoms with E-state index >= 15 is 0 Å². The molecule has 1 nitrogen and oxygen atoms in total. The number of benzene rings is 1. The van der Waals surface area contributed by atoms with Crippen molar-refractivity contribution in [1.82, 2.24) is 5.32 Å². The topological polar surface area (TPSA) is 12.0 Å². The van der Waals surface area contributed by atoms with E-state index in [2.05, 4.69) is 48.3 Å². The van der Waals surface area contributed by atoms with Crippen molar-refractivity contribution < 1.29 is 0 Å². The molecule has 2 aliphatic heterocycles. The van der Waals surface area contributed by atoms with E-state index < -0.39 is 0 Å². The predicted molar refractivity (Wildman–Crippen MR) is 82.6 cm³/mol. The molecule has 3 atom stereocenters. The summed E-state index contributed by atoms with van der Waals surface area (Å²) in [5.41, 5.74) is 1.52. The minimum Gasteiger partial charge on any atom is -0.306 e. The molecule has 1 N–H and O–H groups in total. The van der Waals surface area contributed by atoms with Gasteiger partial charge < -0.3 is 5.32 Å². The summed E-state index contributed by atoms with van der Waals surface area (Å²) in [5, 5.41) is 4.69. The molecule has 1 fully saturated rings. The van der Waals surface area contributed by atoms with E-state index in [4.69, 9.17) is 0 Å². The Morgan fingerprint density at radius 2 is 2.06 bits per heavy atom. The molecule has 2 aliphatic rings. The zero-order chi connectivity index (χ0) is 12.4. The fraction of sp³-hybridized carbons (Fsp3) is 0.600. The van der Waals surface area contributed by atoms with Gasteiger partial charge >= 0.3 is 0 Å². The Bertz CT molecular complexity index is 407. The molecule has 0 saturated carbocycles. The van der Waals surface area contributed by atoms with Crippen LogP contribution in [-0.4, -0.2) is 22.8 Å². The molecule has 1 aromatic rings. The van der Waals surface area contributed by atoms with Crippen molar-refractivity contribution in [3.8, 4) is 0 Å². The van der Waals surface area contributed by atoms with E-state index in [1.165, 1.54) is 41.2 Å². The van der Waals surface area contributed by atoms with Gasteiger partial charge in [-0.25, -0.2) is 0 Å². The van der Waals surface area contributed by atoms with Gasteiger partial charge in [0, 0.05) is 22.2 Å². The highest BCUT2D eigenvalue weighted by atomic mass is 32.2. The summed E-state index contributed by atoms with van der Waals surface area (Å²) in [6.07, 6.45) is 3.99. The van der Waals surface area contributed by atoms with Gasteiger partial charge in [-0.3, -0.25) is 0 Å². The molecule has 0 aliphatic carbocycles. The highest BCUT2D eigenvalue weighted by molar-refractivity contribution is 8.00. The monoisotopic (exact) mass is 279 g/mol. The number of rotatable bonds is 2. The minimum atomic E-state index is 0.577. The molecule has 3 unspecified atom stereocenters. The van der Waals surface area contributed by atoms with Crippen LogP contribution in [0.15, 0.2) is 29.2 Å². The van der Waals surface area contributed by atoms with Crippen LogP contribution in [0.5, 0.6) is 0 Å². The van der Waals surface area contributed by atoms with Gasteiger partial charge in [0.2, 0.25) is 0 Å². The van der Waals surface area contributed by atoms with E-state index in [9.17, 15) is 0 Å². The Labute approximate surface area is 119 Å². The zero-order valence-electron chi connectivity index (χ0n) is 10.9. The third kappa shape index (κ3) is 2.73. The first-order chi connectivity index (χ1) is 8.84. The zero-order valence-corrected chi connectivity index (χ0v) is 12.5. The molecular weight excluding hydrogens is 258 g/mol. The number of hydrogen-bond acceptors (Lipinski definition) is 3. The van der Waals surface area contributed by atoms with Crippen LogP contribution in [0.25, 0.3) is 0 Å². The predicted octanol–water partition coefficient (Wildman–Crippen LogP) is 4.10. The largest absolute Gasteiger partial charge is 0.306 e. The molecule has 18 heavy (non-hydrogen) atoms. The first-order valence-corrected chi connectivity index (χ1v) is 8.97. The molecule has 1 saturated heterocycles. The Kier molecular flexibility index (Phi) is 4.22. The molecule has 2 heterocycles. The number of fused-ring (bicyclic) bond motifs is 1. The SMILES string of the molecule is CC1SCCCC1NC1CCSc2ccccc21. The molecule has 0 aromatic heterocycles. The summed E-state index contributed by atoms with van der Waals surface area (Å²) in [6.45, 7) is 2.38. The van der Waals surface area contributed by atoms with Crippen molar-refractivity contribution in [3.63, 3.8) is 0 Å². The van der Waals surface area contributed by atoms with Crippen molar-refractivity contribution in [2.45, 2.75) is 48.4 Å². The van der Waals surface area contributed by atoms with E-state index in [0.717, 1.165) is 5.25 Å². The van der Waals surface area contributed by atoms with Crippen LogP contribution in [0.3, 0.4) is 0 Å². The second kappa shape index (κ2) is 5.89.